The first-order valence-corrected chi connectivity index (χ1v) is 20.6. The van der Waals surface area contributed by atoms with Gasteiger partial charge in [0.25, 0.3) is 5.12 Å². The molecule has 0 heterocycles. The van der Waals surface area contributed by atoms with E-state index in [1.165, 1.54) is 89.9 Å². The number of Topliss-reactive ketones (excluding diaryl/α,β-unsaturated/α-hetero) is 1. The van der Waals surface area contributed by atoms with Gasteiger partial charge in [-0.25, -0.2) is 0 Å². The second kappa shape index (κ2) is 29.5. The standard InChI is InChI=1S/C34H69NO5SSi/c1-7-10-13-15-17-19-21-24-28-38-42(40-32(4)35(5)6,39-29-25-22-20-18-16-14-11-8-2)31-26-30-41-34(37)33(36)27-23-12-9-3/h32H,7-31H2,1-6H3. The van der Waals surface area contributed by atoms with Crippen molar-refractivity contribution < 1.29 is 22.9 Å². The van der Waals surface area contributed by atoms with Gasteiger partial charge in [-0.3, -0.25) is 14.5 Å². The Kier molecular flexibility index (Phi) is 29.3. The van der Waals surface area contributed by atoms with Crippen LogP contribution in [0.2, 0.25) is 6.04 Å². The Hall–Kier alpha value is -0.253. The highest BCUT2D eigenvalue weighted by atomic mass is 32.2. The van der Waals surface area contributed by atoms with Crippen molar-refractivity contribution in [2.75, 3.05) is 33.1 Å². The lowest BCUT2D eigenvalue weighted by atomic mass is 10.1. The van der Waals surface area contributed by atoms with Crippen LogP contribution in [0.1, 0.15) is 163 Å². The minimum atomic E-state index is -2.97. The van der Waals surface area contributed by atoms with Crippen molar-refractivity contribution in [1.29, 1.82) is 0 Å². The number of hydrogen-bond acceptors (Lipinski definition) is 7. The van der Waals surface area contributed by atoms with Crippen LogP contribution in [0.25, 0.3) is 0 Å². The van der Waals surface area contributed by atoms with Gasteiger partial charge in [-0.1, -0.05) is 135 Å². The number of thioether (sulfide) groups is 1. The molecule has 0 aromatic rings. The summed E-state index contributed by atoms with van der Waals surface area (Å²) in [4.78, 5) is 26.6. The molecule has 0 N–H and O–H groups in total. The largest absolute Gasteiger partial charge is 0.502 e. The molecule has 0 radical (unpaired) electrons. The second-order valence-electron chi connectivity index (χ2n) is 12.1. The van der Waals surface area contributed by atoms with Crippen LogP contribution in [-0.4, -0.2) is 63.9 Å². The third-order valence-corrected chi connectivity index (χ3v) is 11.7. The molecule has 0 aliphatic carbocycles. The van der Waals surface area contributed by atoms with E-state index in [1.54, 1.807) is 0 Å². The van der Waals surface area contributed by atoms with Gasteiger partial charge in [0.1, 0.15) is 6.23 Å². The molecule has 250 valence electrons. The van der Waals surface area contributed by atoms with E-state index in [0.29, 0.717) is 31.4 Å². The van der Waals surface area contributed by atoms with E-state index in [0.717, 1.165) is 50.3 Å². The molecule has 0 rings (SSSR count). The van der Waals surface area contributed by atoms with Crippen LogP contribution in [0.3, 0.4) is 0 Å². The molecule has 8 heteroatoms. The molecule has 0 fully saturated rings. The Morgan fingerprint density at radius 1 is 0.643 bits per heavy atom. The molecule has 0 bridgehead atoms. The van der Waals surface area contributed by atoms with Crippen molar-refractivity contribution in [1.82, 2.24) is 4.90 Å². The molecule has 0 saturated heterocycles. The summed E-state index contributed by atoms with van der Waals surface area (Å²) in [7, 11) is 1.06. The number of nitrogens with zero attached hydrogens (tertiary/aromatic N) is 1. The zero-order valence-electron chi connectivity index (χ0n) is 28.7. The Morgan fingerprint density at radius 3 is 1.52 bits per heavy atom. The van der Waals surface area contributed by atoms with Crippen LogP contribution in [0.5, 0.6) is 0 Å². The van der Waals surface area contributed by atoms with Gasteiger partial charge in [0, 0.05) is 31.4 Å². The number of ketones is 1. The van der Waals surface area contributed by atoms with Gasteiger partial charge in [-0.2, -0.15) is 0 Å². The fraction of sp³-hybridized carbons (Fsp3) is 0.941. The van der Waals surface area contributed by atoms with E-state index in [-0.39, 0.29) is 17.1 Å². The summed E-state index contributed by atoms with van der Waals surface area (Å²) in [6.07, 6.45) is 23.9. The van der Waals surface area contributed by atoms with Gasteiger partial charge in [-0.15, -0.1) is 0 Å². The van der Waals surface area contributed by atoms with Crippen molar-refractivity contribution in [2.45, 2.75) is 175 Å². The summed E-state index contributed by atoms with van der Waals surface area (Å²) in [5, 5.41) is -0.305. The van der Waals surface area contributed by atoms with Gasteiger partial charge in [0.15, 0.2) is 0 Å². The summed E-state index contributed by atoms with van der Waals surface area (Å²) in [6, 6.07) is 0.670. The molecule has 6 nitrogen and oxygen atoms in total. The highest BCUT2D eigenvalue weighted by molar-refractivity contribution is 8.15. The van der Waals surface area contributed by atoms with Crippen molar-refractivity contribution in [3.8, 4) is 0 Å². The summed E-state index contributed by atoms with van der Waals surface area (Å²) in [5.41, 5.74) is 0. The molecule has 1 unspecified atom stereocenters. The normalized spacial score (nSPS) is 12.7. The van der Waals surface area contributed by atoms with Crippen molar-refractivity contribution in [2.24, 2.45) is 0 Å². The van der Waals surface area contributed by atoms with Crippen molar-refractivity contribution in [3.63, 3.8) is 0 Å². The third kappa shape index (κ3) is 24.1. The average Bonchev–Trinajstić information content (AvgIpc) is 2.97. The predicted octanol–water partition coefficient (Wildman–Crippen LogP) is 9.96. The molecule has 0 amide bonds. The number of rotatable bonds is 32. The lowest BCUT2D eigenvalue weighted by molar-refractivity contribution is -0.131. The van der Waals surface area contributed by atoms with Gasteiger partial charge in [-0.05, 0) is 46.7 Å². The molecule has 0 aliphatic heterocycles. The van der Waals surface area contributed by atoms with E-state index in [2.05, 4.69) is 20.8 Å². The van der Waals surface area contributed by atoms with Crippen molar-refractivity contribution in [3.05, 3.63) is 0 Å². The Labute approximate surface area is 266 Å². The molecule has 42 heavy (non-hydrogen) atoms. The minimum absolute atomic E-state index is 0.122. The maximum Gasteiger partial charge on any atom is 0.502 e. The van der Waals surface area contributed by atoms with Gasteiger partial charge >= 0.3 is 8.80 Å². The maximum absolute atomic E-state index is 12.4. The fourth-order valence-electron chi connectivity index (χ4n) is 4.78. The molecule has 0 spiro atoms. The lowest BCUT2D eigenvalue weighted by Crippen LogP contribution is -2.51. The van der Waals surface area contributed by atoms with Crippen molar-refractivity contribution >= 4 is 31.5 Å². The SMILES string of the molecule is CCCCCCCCCCO[Si](CCCSC(=O)C(=O)CCCCC)(OCCCCCCCCCC)OC(C)N(C)C. The molecule has 0 saturated carbocycles. The van der Waals surface area contributed by atoms with Crippen LogP contribution < -0.4 is 0 Å². The lowest BCUT2D eigenvalue weighted by Gasteiger charge is -2.34. The summed E-state index contributed by atoms with van der Waals surface area (Å²) < 4.78 is 19.8. The fourth-order valence-corrected chi connectivity index (χ4v) is 8.65. The summed E-state index contributed by atoms with van der Waals surface area (Å²) in [6.45, 7) is 9.97. The second-order valence-corrected chi connectivity index (χ2v) is 15.9. The molecule has 1 atom stereocenters. The van der Waals surface area contributed by atoms with Crippen LogP contribution in [0.15, 0.2) is 0 Å². The quantitative estimate of drug-likeness (QED) is 0.0317. The number of hydrogen-bond donors (Lipinski definition) is 0. The monoisotopic (exact) mass is 631 g/mol. The van der Waals surface area contributed by atoms with Crippen LogP contribution in [0, 0.1) is 0 Å². The van der Waals surface area contributed by atoms with E-state index in [1.807, 2.05) is 25.9 Å². The maximum atomic E-state index is 12.4. The van der Waals surface area contributed by atoms with Gasteiger partial charge in [0.2, 0.25) is 5.78 Å². The topological polar surface area (TPSA) is 65.1 Å². The highest BCUT2D eigenvalue weighted by Crippen LogP contribution is 2.24. The predicted molar refractivity (Wildman–Crippen MR) is 183 cm³/mol. The third-order valence-electron chi connectivity index (χ3n) is 7.81. The number of carbonyl (C=O) groups is 2. The van der Waals surface area contributed by atoms with Gasteiger partial charge < -0.3 is 13.3 Å². The average molecular weight is 632 g/mol. The number of unbranched alkanes of at least 4 members (excludes halogenated alkanes) is 16. The zero-order valence-corrected chi connectivity index (χ0v) is 30.5. The van der Waals surface area contributed by atoms with E-state index >= 15 is 0 Å². The Morgan fingerprint density at radius 2 is 1.07 bits per heavy atom. The zero-order chi connectivity index (χ0) is 31.3. The minimum Gasteiger partial charge on any atom is -0.373 e. The molecule has 0 aromatic carbocycles. The highest BCUT2D eigenvalue weighted by Gasteiger charge is 2.42. The van der Waals surface area contributed by atoms with E-state index in [9.17, 15) is 9.59 Å². The van der Waals surface area contributed by atoms with Crippen LogP contribution in [0.4, 0.5) is 0 Å². The van der Waals surface area contributed by atoms with E-state index in [4.69, 9.17) is 13.3 Å². The first-order valence-electron chi connectivity index (χ1n) is 17.6. The molecular weight excluding hydrogens is 563 g/mol. The summed E-state index contributed by atoms with van der Waals surface area (Å²) in [5.74, 6) is 0.348. The van der Waals surface area contributed by atoms with Gasteiger partial charge in [0.05, 0.1) is 0 Å². The Balaban J connectivity index is 5.01. The van der Waals surface area contributed by atoms with E-state index < -0.39 is 8.80 Å². The Bertz CT molecular complexity index is 615. The molecule has 0 aromatic heterocycles. The van der Waals surface area contributed by atoms with Crippen LogP contribution >= 0.6 is 11.8 Å². The first kappa shape index (κ1) is 41.7. The molecular formula is C34H69NO5SSi. The number of carbonyl (C=O) groups excluding carboxylic acids is 2. The smallest absolute Gasteiger partial charge is 0.373 e. The van der Waals surface area contributed by atoms with Crippen LogP contribution in [-0.2, 0) is 22.9 Å². The first-order chi connectivity index (χ1) is 20.3. The summed E-state index contributed by atoms with van der Waals surface area (Å²) >= 11 is 1.15. The molecule has 0 aliphatic rings.